The fourth-order valence-electron chi connectivity index (χ4n) is 3.47. The number of aliphatic imine (C=N–C) groups is 1. The van der Waals surface area contributed by atoms with E-state index in [0.717, 1.165) is 57.6 Å². The van der Waals surface area contributed by atoms with Gasteiger partial charge in [0.2, 0.25) is 0 Å². The molecule has 1 N–H and O–H groups in total. The zero-order valence-electron chi connectivity index (χ0n) is 15.9. The van der Waals surface area contributed by atoms with Gasteiger partial charge in [-0.15, -0.1) is 24.0 Å². The highest BCUT2D eigenvalue weighted by atomic mass is 127. The number of ether oxygens (including phenoxy) is 2. The first kappa shape index (κ1) is 22.5. The predicted molar refractivity (Wildman–Crippen MR) is 121 cm³/mol. The molecule has 27 heavy (non-hydrogen) atoms. The van der Waals surface area contributed by atoms with Crippen molar-refractivity contribution in [3.63, 3.8) is 0 Å². The molecular formula is C19H30ClIN4O2. The lowest BCUT2D eigenvalue weighted by Gasteiger charge is -2.32. The Morgan fingerprint density at radius 3 is 2.89 bits per heavy atom. The maximum absolute atomic E-state index is 5.98. The number of benzene rings is 1. The van der Waals surface area contributed by atoms with Crippen LogP contribution in [0.25, 0.3) is 0 Å². The topological polar surface area (TPSA) is 49.3 Å². The molecule has 0 aliphatic carbocycles. The zero-order chi connectivity index (χ0) is 18.2. The number of hydrogen-bond acceptors (Lipinski definition) is 4. The zero-order valence-corrected chi connectivity index (χ0v) is 19.0. The summed E-state index contributed by atoms with van der Waals surface area (Å²) in [6, 6.07) is 8.07. The summed E-state index contributed by atoms with van der Waals surface area (Å²) in [5.74, 6) is 1.77. The summed E-state index contributed by atoms with van der Waals surface area (Å²) in [6.45, 7) is 9.99. The van der Waals surface area contributed by atoms with Gasteiger partial charge in [0.15, 0.2) is 5.96 Å². The molecule has 0 amide bonds. The first-order valence-corrected chi connectivity index (χ1v) is 9.87. The van der Waals surface area contributed by atoms with Crippen LogP contribution < -0.4 is 10.1 Å². The highest BCUT2D eigenvalue weighted by molar-refractivity contribution is 14.0. The molecule has 1 atom stereocenters. The summed E-state index contributed by atoms with van der Waals surface area (Å²) in [7, 11) is 0. The number of nitrogens with zero attached hydrogens (tertiary/aromatic N) is 3. The molecule has 2 saturated heterocycles. The monoisotopic (exact) mass is 508 g/mol. The van der Waals surface area contributed by atoms with Crippen LogP contribution in [0.2, 0.25) is 5.02 Å². The second-order valence-electron chi connectivity index (χ2n) is 6.58. The Hall–Kier alpha value is -0.770. The van der Waals surface area contributed by atoms with E-state index in [0.29, 0.717) is 24.2 Å². The molecule has 3 rings (SSSR count). The molecule has 2 aliphatic rings. The molecule has 0 radical (unpaired) electrons. The van der Waals surface area contributed by atoms with E-state index in [4.69, 9.17) is 26.1 Å². The highest BCUT2D eigenvalue weighted by Crippen LogP contribution is 2.18. The van der Waals surface area contributed by atoms with Crippen LogP contribution >= 0.6 is 35.6 Å². The van der Waals surface area contributed by atoms with Crippen molar-refractivity contribution >= 4 is 41.5 Å². The van der Waals surface area contributed by atoms with E-state index in [1.165, 1.54) is 6.42 Å². The fourth-order valence-corrected chi connectivity index (χ4v) is 3.65. The fraction of sp³-hybridized carbons (Fsp3) is 0.632. The molecule has 0 saturated carbocycles. The van der Waals surface area contributed by atoms with Gasteiger partial charge in [-0.05, 0) is 31.5 Å². The van der Waals surface area contributed by atoms with E-state index in [2.05, 4.69) is 22.0 Å². The summed E-state index contributed by atoms with van der Waals surface area (Å²) >= 11 is 5.98. The van der Waals surface area contributed by atoms with E-state index in [-0.39, 0.29) is 24.0 Å². The van der Waals surface area contributed by atoms with Gasteiger partial charge in [-0.25, -0.2) is 4.99 Å². The lowest BCUT2D eigenvalue weighted by atomic mass is 10.2. The molecule has 0 aromatic heterocycles. The number of guanidine groups is 1. The first-order chi connectivity index (χ1) is 12.8. The molecule has 0 spiro atoms. The lowest BCUT2D eigenvalue weighted by molar-refractivity contribution is 0.0195. The van der Waals surface area contributed by atoms with Crippen molar-refractivity contribution in [1.29, 1.82) is 0 Å². The molecule has 1 aromatic rings. The Morgan fingerprint density at radius 2 is 2.15 bits per heavy atom. The summed E-state index contributed by atoms with van der Waals surface area (Å²) in [6.07, 6.45) is 1.18. The van der Waals surface area contributed by atoms with Crippen molar-refractivity contribution in [2.24, 2.45) is 4.99 Å². The van der Waals surface area contributed by atoms with Crippen LogP contribution in [0.15, 0.2) is 29.3 Å². The number of likely N-dealkylation sites (tertiary alicyclic amines) is 1. The molecule has 0 bridgehead atoms. The molecule has 1 aromatic carbocycles. The highest BCUT2D eigenvalue weighted by Gasteiger charge is 2.30. The second-order valence-corrected chi connectivity index (χ2v) is 7.01. The second kappa shape index (κ2) is 11.9. The minimum absolute atomic E-state index is 0. The maximum atomic E-state index is 5.98. The van der Waals surface area contributed by atoms with Gasteiger partial charge in [0.05, 0.1) is 19.8 Å². The van der Waals surface area contributed by atoms with Crippen molar-refractivity contribution in [3.05, 3.63) is 29.3 Å². The van der Waals surface area contributed by atoms with E-state index < -0.39 is 0 Å². The third-order valence-electron chi connectivity index (χ3n) is 4.78. The Morgan fingerprint density at radius 1 is 1.33 bits per heavy atom. The van der Waals surface area contributed by atoms with Gasteiger partial charge in [-0.3, -0.25) is 4.90 Å². The quantitative estimate of drug-likeness (QED) is 0.277. The van der Waals surface area contributed by atoms with Crippen molar-refractivity contribution in [2.75, 3.05) is 59.1 Å². The third-order valence-corrected chi connectivity index (χ3v) is 5.01. The summed E-state index contributed by atoms with van der Waals surface area (Å²) in [4.78, 5) is 9.66. The Balaban J connectivity index is 0.00000261. The number of morpholine rings is 1. The van der Waals surface area contributed by atoms with Crippen molar-refractivity contribution in [3.8, 4) is 5.75 Å². The van der Waals surface area contributed by atoms with E-state index in [1.54, 1.807) is 0 Å². The average Bonchev–Trinajstić information content (AvgIpc) is 3.15. The predicted octanol–water partition coefficient (Wildman–Crippen LogP) is 2.71. The van der Waals surface area contributed by atoms with Crippen molar-refractivity contribution in [1.82, 2.24) is 15.1 Å². The number of halogens is 2. The summed E-state index contributed by atoms with van der Waals surface area (Å²) < 4.78 is 11.2. The van der Waals surface area contributed by atoms with Gasteiger partial charge in [0, 0.05) is 43.8 Å². The summed E-state index contributed by atoms with van der Waals surface area (Å²) in [5, 5.41) is 4.10. The van der Waals surface area contributed by atoms with Gasteiger partial charge >= 0.3 is 0 Å². The van der Waals surface area contributed by atoms with Crippen LogP contribution in [-0.2, 0) is 4.74 Å². The number of nitrogens with one attached hydrogen (secondary N) is 1. The molecule has 2 heterocycles. The van der Waals surface area contributed by atoms with E-state index in [1.807, 2.05) is 24.3 Å². The van der Waals surface area contributed by atoms with E-state index in [9.17, 15) is 0 Å². The number of hydrogen-bond donors (Lipinski definition) is 1. The third kappa shape index (κ3) is 6.96. The average molecular weight is 509 g/mol. The smallest absolute Gasteiger partial charge is 0.194 e. The van der Waals surface area contributed by atoms with E-state index >= 15 is 0 Å². The van der Waals surface area contributed by atoms with Crippen molar-refractivity contribution < 1.29 is 9.47 Å². The molecule has 2 aliphatic heterocycles. The van der Waals surface area contributed by atoms with Gasteiger partial charge in [0.1, 0.15) is 12.4 Å². The SMILES string of the molecule is CCNC(=NCCOc1cccc(Cl)c1)N1CCC(N2CCOCC2)C1.I. The Bertz CT molecular complexity index is 599. The standard InChI is InChI=1S/C19H29ClN4O2.HI/c1-2-21-19(22-7-11-26-18-5-3-4-16(20)14-18)24-8-6-17(15-24)23-9-12-25-13-10-23;/h3-5,14,17H,2,6-13,15H2,1H3,(H,21,22);1H. The van der Waals surface area contributed by atoms with Crippen LogP contribution in [0, 0.1) is 0 Å². The maximum Gasteiger partial charge on any atom is 0.194 e. The molecular weight excluding hydrogens is 479 g/mol. The first-order valence-electron chi connectivity index (χ1n) is 9.49. The molecule has 152 valence electrons. The molecule has 1 unspecified atom stereocenters. The van der Waals surface area contributed by atoms with Crippen LogP contribution in [0.3, 0.4) is 0 Å². The lowest BCUT2D eigenvalue weighted by Crippen LogP contribution is -2.46. The van der Waals surface area contributed by atoms with Gasteiger partial charge in [0.25, 0.3) is 0 Å². The van der Waals surface area contributed by atoms with Gasteiger partial charge < -0.3 is 19.7 Å². The Labute approximate surface area is 184 Å². The van der Waals surface area contributed by atoms with Crippen molar-refractivity contribution in [2.45, 2.75) is 19.4 Å². The largest absolute Gasteiger partial charge is 0.492 e. The molecule has 8 heteroatoms. The van der Waals surface area contributed by atoms with Crippen LogP contribution in [-0.4, -0.2) is 80.9 Å². The van der Waals surface area contributed by atoms with Crippen LogP contribution in [0.4, 0.5) is 0 Å². The van der Waals surface area contributed by atoms with Crippen LogP contribution in [0.1, 0.15) is 13.3 Å². The summed E-state index contributed by atoms with van der Waals surface area (Å²) in [5.41, 5.74) is 0. The van der Waals surface area contributed by atoms with Gasteiger partial charge in [-0.1, -0.05) is 17.7 Å². The van der Waals surface area contributed by atoms with Crippen LogP contribution in [0.5, 0.6) is 5.75 Å². The Kier molecular flexibility index (Phi) is 9.95. The molecule has 2 fully saturated rings. The normalized spacial score (nSPS) is 21.0. The number of rotatable bonds is 6. The molecule has 6 nitrogen and oxygen atoms in total. The minimum Gasteiger partial charge on any atom is -0.492 e. The van der Waals surface area contributed by atoms with Gasteiger partial charge in [-0.2, -0.15) is 0 Å². The minimum atomic E-state index is 0.